The van der Waals surface area contributed by atoms with Crippen molar-refractivity contribution in [1.29, 1.82) is 0 Å². The van der Waals surface area contributed by atoms with E-state index in [1.807, 2.05) is 13.8 Å². The van der Waals surface area contributed by atoms with Crippen molar-refractivity contribution < 1.29 is 18.4 Å². The van der Waals surface area contributed by atoms with E-state index in [0.29, 0.717) is 19.2 Å². The van der Waals surface area contributed by atoms with E-state index < -0.39 is 17.5 Å². The van der Waals surface area contributed by atoms with Crippen LogP contribution in [0.1, 0.15) is 60.4 Å². The van der Waals surface area contributed by atoms with Crippen LogP contribution in [0.5, 0.6) is 0 Å². The number of unbranched alkanes of at least 4 members (excludes halogenated alkanes) is 2. The minimum Gasteiger partial charge on any atom is -0.337 e. The van der Waals surface area contributed by atoms with Crippen molar-refractivity contribution in [3.05, 3.63) is 46.1 Å². The average molecular weight is 413 g/mol. The van der Waals surface area contributed by atoms with Crippen molar-refractivity contribution in [3.8, 4) is 0 Å². The second kappa shape index (κ2) is 10.2. The fourth-order valence-electron chi connectivity index (χ4n) is 2.56. The largest absolute Gasteiger partial charge is 0.337 e. The fraction of sp³-hybridized carbons (Fsp3) is 0.421. The quantitative estimate of drug-likeness (QED) is 0.589. The molecule has 0 saturated heterocycles. The molecule has 6 nitrogen and oxygen atoms in total. The van der Waals surface area contributed by atoms with E-state index in [0.717, 1.165) is 31.7 Å². The molecule has 9 heteroatoms. The van der Waals surface area contributed by atoms with Gasteiger partial charge in [-0.05, 0) is 25.0 Å². The number of hydrogen-bond acceptors (Lipinski definition) is 3. The van der Waals surface area contributed by atoms with Crippen molar-refractivity contribution >= 4 is 29.2 Å². The molecule has 0 aliphatic heterocycles. The van der Waals surface area contributed by atoms with Crippen LogP contribution >= 0.6 is 11.6 Å². The third-order valence-corrected chi connectivity index (χ3v) is 4.46. The second-order valence-corrected chi connectivity index (χ2v) is 6.77. The first-order chi connectivity index (χ1) is 13.4. The Bertz CT molecular complexity index is 833. The van der Waals surface area contributed by atoms with E-state index in [9.17, 15) is 18.4 Å². The van der Waals surface area contributed by atoms with E-state index in [4.69, 9.17) is 11.6 Å². The molecule has 2 amide bonds. The Labute approximate surface area is 167 Å². The Hall–Kier alpha value is -2.48. The van der Waals surface area contributed by atoms with Crippen molar-refractivity contribution in [3.63, 3.8) is 0 Å². The van der Waals surface area contributed by atoms with Gasteiger partial charge in [0.05, 0.1) is 10.6 Å². The first-order valence-electron chi connectivity index (χ1n) is 9.17. The third kappa shape index (κ3) is 5.51. The maximum atomic E-state index is 13.4. The maximum Gasteiger partial charge on any atom is 0.274 e. The number of carbonyl (C=O) groups is 2. The van der Waals surface area contributed by atoms with Gasteiger partial charge in [-0.3, -0.25) is 14.7 Å². The highest BCUT2D eigenvalue weighted by Gasteiger charge is 2.20. The van der Waals surface area contributed by atoms with Gasteiger partial charge in [0.1, 0.15) is 5.82 Å². The Balaban J connectivity index is 2.11. The number of H-pyrrole nitrogens is 1. The summed E-state index contributed by atoms with van der Waals surface area (Å²) in [6, 6.07) is 2.85. The number of aromatic amines is 1. The zero-order chi connectivity index (χ0) is 20.7. The summed E-state index contributed by atoms with van der Waals surface area (Å²) in [5.74, 6) is -3.15. The number of carbonyl (C=O) groups excluding carboxylic acids is 2. The number of halogens is 3. The van der Waals surface area contributed by atoms with Gasteiger partial charge in [-0.2, -0.15) is 5.10 Å². The molecule has 2 aromatic rings. The minimum absolute atomic E-state index is 0.153. The molecule has 0 spiro atoms. The number of hydrogen-bond donors (Lipinski definition) is 2. The highest BCUT2D eigenvalue weighted by atomic mass is 35.5. The molecule has 0 atom stereocenters. The maximum absolute atomic E-state index is 13.4. The molecule has 0 saturated carbocycles. The Morgan fingerprint density at radius 2 is 1.71 bits per heavy atom. The average Bonchev–Trinajstić information content (AvgIpc) is 3.12. The smallest absolute Gasteiger partial charge is 0.274 e. The summed E-state index contributed by atoms with van der Waals surface area (Å²) < 4.78 is 26.5. The lowest BCUT2D eigenvalue weighted by atomic mass is 10.2. The van der Waals surface area contributed by atoms with Gasteiger partial charge in [0.15, 0.2) is 17.3 Å². The molecule has 2 N–H and O–H groups in total. The van der Waals surface area contributed by atoms with Crippen LogP contribution < -0.4 is 5.32 Å². The molecule has 1 heterocycles. The van der Waals surface area contributed by atoms with Gasteiger partial charge in [-0.1, -0.05) is 38.3 Å². The van der Waals surface area contributed by atoms with E-state index >= 15 is 0 Å². The van der Waals surface area contributed by atoms with Crippen LogP contribution in [0.2, 0.25) is 5.02 Å². The topological polar surface area (TPSA) is 78.1 Å². The highest BCUT2D eigenvalue weighted by molar-refractivity contribution is 6.34. The summed E-state index contributed by atoms with van der Waals surface area (Å²) >= 11 is 5.80. The summed E-state index contributed by atoms with van der Waals surface area (Å²) in [7, 11) is 0. The van der Waals surface area contributed by atoms with Crippen molar-refractivity contribution in [2.75, 3.05) is 18.4 Å². The summed E-state index contributed by atoms with van der Waals surface area (Å²) in [6.07, 6.45) is 3.70. The number of nitrogens with zero attached hydrogens (tertiary/aromatic N) is 2. The second-order valence-electron chi connectivity index (χ2n) is 6.37. The zero-order valence-electron chi connectivity index (χ0n) is 15.8. The van der Waals surface area contributed by atoms with Crippen LogP contribution in [-0.4, -0.2) is 40.0 Å². The Morgan fingerprint density at radius 3 is 2.32 bits per heavy atom. The highest BCUT2D eigenvalue weighted by Crippen LogP contribution is 2.21. The first-order valence-corrected chi connectivity index (χ1v) is 9.55. The van der Waals surface area contributed by atoms with Crippen LogP contribution in [0, 0.1) is 11.6 Å². The molecule has 0 aliphatic rings. The van der Waals surface area contributed by atoms with E-state index in [1.165, 1.54) is 6.07 Å². The van der Waals surface area contributed by atoms with Crippen LogP contribution in [0.15, 0.2) is 18.2 Å². The van der Waals surface area contributed by atoms with Gasteiger partial charge < -0.3 is 10.2 Å². The molecule has 0 bridgehead atoms. The fourth-order valence-corrected chi connectivity index (χ4v) is 2.79. The molecule has 1 aromatic carbocycles. The number of benzene rings is 1. The number of anilines is 1. The van der Waals surface area contributed by atoms with Crippen LogP contribution in [0.3, 0.4) is 0 Å². The lowest BCUT2D eigenvalue weighted by molar-refractivity contribution is 0.0745. The molecule has 0 aliphatic carbocycles. The van der Waals surface area contributed by atoms with Gasteiger partial charge in [0, 0.05) is 19.2 Å². The van der Waals surface area contributed by atoms with Gasteiger partial charge in [0.2, 0.25) is 0 Å². The molecule has 28 heavy (non-hydrogen) atoms. The van der Waals surface area contributed by atoms with Crippen LogP contribution in [-0.2, 0) is 0 Å². The SMILES string of the molecule is CCCCN(CCCC)C(=O)c1cc(NC(=O)c2cc(F)c(F)cc2Cl)[nH]n1. The van der Waals surface area contributed by atoms with Gasteiger partial charge in [-0.25, -0.2) is 8.78 Å². The van der Waals surface area contributed by atoms with Gasteiger partial charge in [-0.15, -0.1) is 0 Å². The van der Waals surface area contributed by atoms with E-state index in [1.54, 1.807) is 4.90 Å². The monoisotopic (exact) mass is 412 g/mol. The predicted molar refractivity (Wildman–Crippen MR) is 104 cm³/mol. The normalized spacial score (nSPS) is 10.8. The molecule has 1 aromatic heterocycles. The first kappa shape index (κ1) is 21.8. The number of nitrogens with one attached hydrogen (secondary N) is 2. The molecule has 0 radical (unpaired) electrons. The Morgan fingerprint density at radius 1 is 1.11 bits per heavy atom. The standard InChI is InChI=1S/C19H23ClF2N4O2/c1-3-5-7-26(8-6-4-2)19(28)16-11-17(25-24-16)23-18(27)12-9-14(21)15(22)10-13(12)20/h9-11H,3-8H2,1-2H3,(H2,23,24,25,27). The van der Waals surface area contributed by atoms with E-state index in [-0.39, 0.29) is 28.0 Å². The van der Waals surface area contributed by atoms with Gasteiger partial charge in [0.25, 0.3) is 11.8 Å². The molecular weight excluding hydrogens is 390 g/mol. The molecular formula is C19H23ClF2N4O2. The minimum atomic E-state index is -1.18. The lowest BCUT2D eigenvalue weighted by Crippen LogP contribution is -2.33. The number of aromatic nitrogens is 2. The molecule has 2 rings (SSSR count). The van der Waals surface area contributed by atoms with Gasteiger partial charge >= 0.3 is 0 Å². The lowest BCUT2D eigenvalue weighted by Gasteiger charge is -2.21. The molecule has 152 valence electrons. The number of amides is 2. The predicted octanol–water partition coefficient (Wildman–Crippen LogP) is 4.64. The van der Waals surface area contributed by atoms with Crippen molar-refractivity contribution in [2.24, 2.45) is 0 Å². The summed E-state index contributed by atoms with van der Waals surface area (Å²) in [6.45, 7) is 5.37. The Kier molecular flexibility index (Phi) is 7.92. The molecule has 0 unspecified atom stereocenters. The summed E-state index contributed by atoms with van der Waals surface area (Å²) in [5, 5.41) is 8.74. The van der Waals surface area contributed by atoms with Crippen LogP contribution in [0.25, 0.3) is 0 Å². The summed E-state index contributed by atoms with van der Waals surface area (Å²) in [4.78, 5) is 26.7. The van der Waals surface area contributed by atoms with Crippen molar-refractivity contribution in [2.45, 2.75) is 39.5 Å². The van der Waals surface area contributed by atoms with Crippen molar-refractivity contribution in [1.82, 2.24) is 15.1 Å². The number of rotatable bonds is 9. The van der Waals surface area contributed by atoms with E-state index in [2.05, 4.69) is 15.5 Å². The third-order valence-electron chi connectivity index (χ3n) is 4.15. The zero-order valence-corrected chi connectivity index (χ0v) is 16.6. The summed E-state index contributed by atoms with van der Waals surface area (Å²) in [5.41, 5.74) is -0.0607. The molecule has 0 fully saturated rings. The van der Waals surface area contributed by atoms with Crippen LogP contribution in [0.4, 0.5) is 14.6 Å².